The van der Waals surface area contributed by atoms with E-state index in [1.165, 1.54) is 11.8 Å². The number of piperazine rings is 2. The predicted molar refractivity (Wildman–Crippen MR) is 225 cm³/mol. The van der Waals surface area contributed by atoms with Gasteiger partial charge in [0.2, 0.25) is 11.9 Å². The second kappa shape index (κ2) is 19.2. The second-order valence-electron chi connectivity index (χ2n) is 16.3. The van der Waals surface area contributed by atoms with E-state index < -0.39 is 18.3 Å². The highest BCUT2D eigenvalue weighted by Gasteiger charge is 2.29. The van der Waals surface area contributed by atoms with Gasteiger partial charge in [0.15, 0.2) is 5.15 Å². The van der Waals surface area contributed by atoms with Gasteiger partial charge in [0.1, 0.15) is 22.7 Å². The molecular weight excluding hydrogens is 795 g/mol. The summed E-state index contributed by atoms with van der Waals surface area (Å²) in [4.78, 5) is 40.4. The molecule has 4 aliphatic heterocycles. The number of para-hydroxylation sites is 2. The molecule has 20 heteroatoms. The number of amides is 2. The van der Waals surface area contributed by atoms with Crippen molar-refractivity contribution in [2.24, 2.45) is 0 Å². The Morgan fingerprint density at radius 1 is 0.683 bits per heavy atom. The number of anilines is 2. The molecule has 0 bridgehead atoms. The topological polar surface area (TPSA) is 202 Å². The molecular formula is C40H52BClN10O8. The maximum atomic E-state index is 12.2. The third kappa shape index (κ3) is 11.8. The highest BCUT2D eigenvalue weighted by molar-refractivity contribution is 6.59. The molecule has 0 aliphatic carbocycles. The summed E-state index contributed by atoms with van der Waals surface area (Å²) in [6.45, 7) is 17.3. The van der Waals surface area contributed by atoms with Crippen LogP contribution in [-0.4, -0.2) is 146 Å². The first-order valence-corrected chi connectivity index (χ1v) is 20.3. The van der Waals surface area contributed by atoms with Crippen molar-refractivity contribution >= 4 is 48.3 Å². The first-order chi connectivity index (χ1) is 28.5. The Bertz CT molecular complexity index is 2110. The molecule has 0 saturated carbocycles. The SMILES string of the molecule is CC(C)(C)OC(=O)N1CCN(c2nncc(-c3cccc4c3OCC4)n2)CC1.CC(C)(C)OC(=O)N1CCN(c2nncc(Cl)n2)CC1.OB(O)c1cccc2c1OCC2. The van der Waals surface area contributed by atoms with Crippen molar-refractivity contribution in [2.45, 2.75) is 65.6 Å². The number of aromatic nitrogens is 6. The molecule has 0 unspecified atom stereocenters. The summed E-state index contributed by atoms with van der Waals surface area (Å²) < 4.78 is 21.9. The van der Waals surface area contributed by atoms with E-state index in [4.69, 9.17) is 45.6 Å². The zero-order chi connectivity index (χ0) is 43.0. The van der Waals surface area contributed by atoms with Gasteiger partial charge in [-0.1, -0.05) is 41.9 Å². The number of ether oxygens (including phenoxy) is 4. The summed E-state index contributed by atoms with van der Waals surface area (Å²) in [5.74, 6) is 2.59. The lowest BCUT2D eigenvalue weighted by Gasteiger charge is -2.35. The molecule has 4 aromatic rings. The molecule has 0 radical (unpaired) electrons. The van der Waals surface area contributed by atoms with Crippen LogP contribution in [0, 0.1) is 0 Å². The van der Waals surface area contributed by atoms with E-state index >= 15 is 0 Å². The van der Waals surface area contributed by atoms with Gasteiger partial charge in [0.25, 0.3) is 0 Å². The third-order valence-electron chi connectivity index (χ3n) is 9.51. The molecule has 0 spiro atoms. The number of hydrogen-bond acceptors (Lipinski definition) is 16. The quantitative estimate of drug-likeness (QED) is 0.283. The monoisotopic (exact) mass is 846 g/mol. The van der Waals surface area contributed by atoms with Crippen LogP contribution in [0.4, 0.5) is 21.5 Å². The van der Waals surface area contributed by atoms with Crippen LogP contribution in [0.15, 0.2) is 48.8 Å². The normalized spacial score (nSPS) is 15.9. The van der Waals surface area contributed by atoms with E-state index in [2.05, 4.69) is 31.4 Å². The lowest BCUT2D eigenvalue weighted by atomic mass is 9.79. The molecule has 2 aromatic carbocycles. The Morgan fingerprint density at radius 2 is 1.17 bits per heavy atom. The van der Waals surface area contributed by atoms with Gasteiger partial charge in [-0.25, -0.2) is 14.6 Å². The van der Waals surface area contributed by atoms with Crippen molar-refractivity contribution in [1.29, 1.82) is 0 Å². The number of fused-ring (bicyclic) bond motifs is 2. The van der Waals surface area contributed by atoms with Crippen molar-refractivity contribution in [3.63, 3.8) is 0 Å². The molecule has 60 heavy (non-hydrogen) atoms. The Kier molecular flexibility index (Phi) is 14.1. The maximum absolute atomic E-state index is 12.2. The van der Waals surface area contributed by atoms with E-state index in [1.54, 1.807) is 22.1 Å². The van der Waals surface area contributed by atoms with E-state index in [0.29, 0.717) is 93.8 Å². The van der Waals surface area contributed by atoms with Crippen LogP contribution in [-0.2, 0) is 22.3 Å². The lowest BCUT2D eigenvalue weighted by Crippen LogP contribution is -2.50. The minimum Gasteiger partial charge on any atom is -0.493 e. The summed E-state index contributed by atoms with van der Waals surface area (Å²) in [5, 5.41) is 34.3. The van der Waals surface area contributed by atoms with Crippen molar-refractivity contribution in [3.8, 4) is 22.8 Å². The molecule has 4 aliphatic rings. The summed E-state index contributed by atoms with van der Waals surface area (Å²) in [5.41, 5.74) is 3.44. The molecule has 0 atom stereocenters. The molecule has 6 heterocycles. The molecule has 2 aromatic heterocycles. The van der Waals surface area contributed by atoms with Crippen LogP contribution in [0.3, 0.4) is 0 Å². The Balaban J connectivity index is 0.000000164. The van der Waals surface area contributed by atoms with Crippen molar-refractivity contribution < 1.29 is 38.6 Å². The summed E-state index contributed by atoms with van der Waals surface area (Å²) in [7, 11) is -1.43. The summed E-state index contributed by atoms with van der Waals surface area (Å²) in [6.07, 6.45) is 4.26. The van der Waals surface area contributed by atoms with Gasteiger partial charge in [-0.05, 0) is 58.7 Å². The summed E-state index contributed by atoms with van der Waals surface area (Å²) in [6, 6.07) is 11.5. The lowest BCUT2D eigenvalue weighted by molar-refractivity contribution is 0.0229. The molecule has 8 rings (SSSR count). The molecule has 2 saturated heterocycles. The number of carbonyl (C=O) groups excluding carboxylic acids is 2. The van der Waals surface area contributed by atoms with Gasteiger partial charge >= 0.3 is 19.3 Å². The van der Waals surface area contributed by atoms with Gasteiger partial charge in [0, 0.05) is 76.2 Å². The van der Waals surface area contributed by atoms with Gasteiger partial charge < -0.3 is 48.6 Å². The zero-order valence-corrected chi connectivity index (χ0v) is 35.6. The number of carbonyl (C=O) groups is 2. The number of hydrogen-bond donors (Lipinski definition) is 2. The van der Waals surface area contributed by atoms with E-state index in [9.17, 15) is 9.59 Å². The fourth-order valence-electron chi connectivity index (χ4n) is 6.66. The van der Waals surface area contributed by atoms with Crippen molar-refractivity contribution in [2.75, 3.05) is 75.4 Å². The smallest absolute Gasteiger partial charge is 0.492 e. The zero-order valence-electron chi connectivity index (χ0n) is 34.9. The first kappa shape index (κ1) is 44.0. The Labute approximate surface area is 354 Å². The molecule has 2 amide bonds. The molecule has 320 valence electrons. The van der Waals surface area contributed by atoms with Crippen molar-refractivity contribution in [3.05, 3.63) is 65.1 Å². The Morgan fingerprint density at radius 3 is 1.68 bits per heavy atom. The molecule has 2 N–H and O–H groups in total. The van der Waals surface area contributed by atoms with Crippen LogP contribution in [0.1, 0.15) is 52.7 Å². The van der Waals surface area contributed by atoms with Crippen LogP contribution in [0.25, 0.3) is 11.3 Å². The summed E-state index contributed by atoms with van der Waals surface area (Å²) >= 11 is 5.79. The Hall–Kier alpha value is -5.53. The average Bonchev–Trinajstić information content (AvgIpc) is 3.91. The number of halogens is 1. The van der Waals surface area contributed by atoms with E-state index in [0.717, 1.165) is 35.4 Å². The fraction of sp³-hybridized carbons (Fsp3) is 0.500. The number of nitrogens with zero attached hydrogens (tertiary/aromatic N) is 10. The maximum Gasteiger partial charge on any atom is 0.492 e. The van der Waals surface area contributed by atoms with Crippen LogP contribution < -0.4 is 24.7 Å². The van der Waals surface area contributed by atoms with E-state index in [-0.39, 0.29) is 12.2 Å². The van der Waals surface area contributed by atoms with Gasteiger partial charge in [-0.3, -0.25) is 0 Å². The number of benzene rings is 2. The largest absolute Gasteiger partial charge is 0.493 e. The second-order valence-corrected chi connectivity index (χ2v) is 16.7. The fourth-order valence-corrected chi connectivity index (χ4v) is 6.78. The van der Waals surface area contributed by atoms with Gasteiger partial charge in [-0.2, -0.15) is 15.2 Å². The van der Waals surface area contributed by atoms with Crippen LogP contribution in [0.2, 0.25) is 5.15 Å². The highest BCUT2D eigenvalue weighted by Crippen LogP contribution is 2.36. The van der Waals surface area contributed by atoms with Crippen LogP contribution in [0.5, 0.6) is 11.5 Å². The van der Waals surface area contributed by atoms with Crippen LogP contribution >= 0.6 is 11.6 Å². The average molecular weight is 847 g/mol. The van der Waals surface area contributed by atoms with Gasteiger partial charge in [-0.15, -0.1) is 10.2 Å². The molecule has 18 nitrogen and oxygen atoms in total. The minimum absolute atomic E-state index is 0.281. The molecule has 2 fully saturated rings. The first-order valence-electron chi connectivity index (χ1n) is 19.9. The third-order valence-corrected chi connectivity index (χ3v) is 9.69. The number of rotatable bonds is 4. The minimum atomic E-state index is -1.43. The standard InChI is InChI=1S/C20H25N5O3.C12H18ClN5O2.C8H9BO3/c1-20(2,3)28-19(26)25-10-8-24(9-11-25)18-22-16(13-21-23-18)15-6-4-5-14-7-12-27-17(14)15;1-12(2,3)20-11(19)18-6-4-17(5-7-18)10-15-9(13)8-14-16-10;10-9(11)7-3-1-2-6-4-5-12-8(6)7/h4-6,13H,7-12H2,1-3H3;8H,4-7H2,1-3H3;1-3,10-11H,4-5H2. The van der Waals surface area contributed by atoms with Crippen molar-refractivity contribution in [1.82, 2.24) is 40.2 Å². The van der Waals surface area contributed by atoms with E-state index in [1.807, 2.05) is 75.6 Å². The van der Waals surface area contributed by atoms with Gasteiger partial charge in [0.05, 0.1) is 31.3 Å². The highest BCUT2D eigenvalue weighted by atomic mass is 35.5. The predicted octanol–water partition coefficient (Wildman–Crippen LogP) is 3.41.